The van der Waals surface area contributed by atoms with Crippen molar-refractivity contribution in [3.63, 3.8) is 0 Å². The molecule has 1 saturated heterocycles. The van der Waals surface area contributed by atoms with Crippen LogP contribution in [0.1, 0.15) is 38.5 Å². The average Bonchev–Trinajstić information content (AvgIpc) is 3.08. The molecule has 0 radical (unpaired) electrons. The number of anilines is 1. The van der Waals surface area contributed by atoms with E-state index < -0.39 is 0 Å². The van der Waals surface area contributed by atoms with Crippen LogP contribution in [0, 0.1) is 23.2 Å². The summed E-state index contributed by atoms with van der Waals surface area (Å²) in [5, 5.41) is 5.31. The molecule has 1 amide bonds. The number of piperazine rings is 1. The first-order valence-corrected chi connectivity index (χ1v) is 10.8. The second kappa shape index (κ2) is 5.91. The van der Waals surface area contributed by atoms with Crippen LogP contribution in [0.4, 0.5) is 5.82 Å². The zero-order valence-corrected chi connectivity index (χ0v) is 16.5. The molecule has 3 heterocycles. The van der Waals surface area contributed by atoms with E-state index >= 15 is 0 Å². The van der Waals surface area contributed by atoms with E-state index in [4.69, 9.17) is 0 Å². The van der Waals surface area contributed by atoms with Crippen LogP contribution in [0.5, 0.6) is 0 Å². The van der Waals surface area contributed by atoms with Crippen LogP contribution in [0.2, 0.25) is 0 Å². The number of hydrogen-bond donors (Lipinski definition) is 0. The molecule has 4 saturated carbocycles. The van der Waals surface area contributed by atoms with Crippen molar-refractivity contribution in [2.24, 2.45) is 30.2 Å². The van der Waals surface area contributed by atoms with Gasteiger partial charge in [-0.05, 0) is 56.3 Å². The molecule has 0 aromatic carbocycles. The molecule has 0 unspecified atom stereocenters. The van der Waals surface area contributed by atoms with Crippen LogP contribution in [0.3, 0.4) is 0 Å². The molecule has 2 aromatic rings. The predicted molar refractivity (Wildman–Crippen MR) is 106 cm³/mol. The van der Waals surface area contributed by atoms with Crippen molar-refractivity contribution in [2.45, 2.75) is 38.5 Å². The van der Waals surface area contributed by atoms with Gasteiger partial charge in [-0.25, -0.2) is 9.97 Å². The lowest BCUT2D eigenvalue weighted by Gasteiger charge is -2.57. The number of carbonyl (C=O) groups excluding carboxylic acids is 1. The molecule has 0 N–H and O–H groups in total. The van der Waals surface area contributed by atoms with Gasteiger partial charge < -0.3 is 9.80 Å². The van der Waals surface area contributed by atoms with Crippen molar-refractivity contribution in [3.05, 3.63) is 12.5 Å². The second-order valence-corrected chi connectivity index (χ2v) is 9.68. The molecule has 28 heavy (non-hydrogen) atoms. The van der Waals surface area contributed by atoms with Gasteiger partial charge in [0.1, 0.15) is 12.1 Å². The Labute approximate surface area is 165 Å². The number of amides is 1. The highest BCUT2D eigenvalue weighted by Crippen LogP contribution is 2.60. The predicted octanol–water partition coefficient (Wildman–Crippen LogP) is 2.23. The number of hydrogen-bond acceptors (Lipinski definition) is 5. The van der Waals surface area contributed by atoms with E-state index in [0.717, 1.165) is 80.0 Å². The zero-order chi connectivity index (χ0) is 18.9. The smallest absolute Gasteiger partial charge is 0.228 e. The van der Waals surface area contributed by atoms with E-state index in [-0.39, 0.29) is 5.41 Å². The van der Waals surface area contributed by atoms with Crippen molar-refractivity contribution < 1.29 is 4.79 Å². The van der Waals surface area contributed by atoms with E-state index in [9.17, 15) is 4.79 Å². The molecule has 7 rings (SSSR count). The lowest BCUT2D eigenvalue weighted by atomic mass is 9.49. The summed E-state index contributed by atoms with van der Waals surface area (Å²) in [7, 11) is 1.90. The fourth-order valence-corrected chi connectivity index (χ4v) is 7.03. The highest BCUT2D eigenvalue weighted by molar-refractivity contribution is 5.87. The third-order valence-corrected chi connectivity index (χ3v) is 7.87. The number of carbonyl (C=O) groups is 1. The van der Waals surface area contributed by atoms with Crippen LogP contribution in [0.25, 0.3) is 11.0 Å². The maximum atomic E-state index is 13.6. The molecule has 1 aliphatic heterocycles. The Morgan fingerprint density at radius 3 is 2.29 bits per heavy atom. The van der Waals surface area contributed by atoms with Gasteiger partial charge in [-0.3, -0.25) is 9.48 Å². The largest absolute Gasteiger partial charge is 0.352 e. The standard InChI is InChI=1S/C21H28N6O/c1-25-18-17(12-24-25)19(23-13-22-18)26-2-4-27(5-3-26)20(28)21-9-14-6-15(10-21)8-16(7-14)11-21/h12-16H,2-11H2,1H3. The van der Waals surface area contributed by atoms with E-state index in [2.05, 4.69) is 24.9 Å². The Morgan fingerprint density at radius 1 is 1.00 bits per heavy atom. The summed E-state index contributed by atoms with van der Waals surface area (Å²) in [6.45, 7) is 3.26. The Kier molecular flexibility index (Phi) is 3.53. The van der Waals surface area contributed by atoms with Gasteiger partial charge in [0.25, 0.3) is 0 Å². The van der Waals surface area contributed by atoms with Gasteiger partial charge in [0.2, 0.25) is 5.91 Å². The maximum absolute atomic E-state index is 13.6. The van der Waals surface area contributed by atoms with Crippen LogP contribution >= 0.6 is 0 Å². The first-order valence-electron chi connectivity index (χ1n) is 10.8. The molecular formula is C21H28N6O. The maximum Gasteiger partial charge on any atom is 0.228 e. The first-order chi connectivity index (χ1) is 13.6. The van der Waals surface area contributed by atoms with E-state index in [1.165, 1.54) is 19.3 Å². The van der Waals surface area contributed by atoms with Gasteiger partial charge >= 0.3 is 0 Å². The second-order valence-electron chi connectivity index (χ2n) is 9.68. The van der Waals surface area contributed by atoms with Crippen molar-refractivity contribution >= 4 is 22.8 Å². The summed E-state index contributed by atoms with van der Waals surface area (Å²) in [4.78, 5) is 26.9. The minimum Gasteiger partial charge on any atom is -0.352 e. The lowest BCUT2D eigenvalue weighted by molar-refractivity contribution is -0.158. The van der Waals surface area contributed by atoms with Gasteiger partial charge in [-0.1, -0.05) is 0 Å². The monoisotopic (exact) mass is 380 g/mol. The average molecular weight is 380 g/mol. The molecule has 0 atom stereocenters. The van der Waals surface area contributed by atoms with Crippen LogP contribution in [-0.2, 0) is 11.8 Å². The summed E-state index contributed by atoms with van der Waals surface area (Å²) in [5.41, 5.74) is 0.833. The number of rotatable bonds is 2. The molecular weight excluding hydrogens is 352 g/mol. The summed E-state index contributed by atoms with van der Waals surface area (Å²) in [6.07, 6.45) is 11.1. The summed E-state index contributed by atoms with van der Waals surface area (Å²) in [5.74, 6) is 3.85. The van der Waals surface area contributed by atoms with E-state index in [1.54, 1.807) is 11.0 Å². The van der Waals surface area contributed by atoms with Gasteiger partial charge in [0.15, 0.2) is 5.65 Å². The van der Waals surface area contributed by atoms with Crippen LogP contribution in [0.15, 0.2) is 12.5 Å². The molecule has 7 heteroatoms. The lowest BCUT2D eigenvalue weighted by Crippen LogP contribution is -2.58. The Balaban J connectivity index is 1.19. The Morgan fingerprint density at radius 2 is 1.64 bits per heavy atom. The van der Waals surface area contributed by atoms with Crippen molar-refractivity contribution in [1.82, 2.24) is 24.6 Å². The number of aryl methyl sites for hydroxylation is 1. The molecule has 5 aliphatic rings. The highest BCUT2D eigenvalue weighted by Gasteiger charge is 2.55. The summed E-state index contributed by atoms with van der Waals surface area (Å²) < 4.78 is 1.79. The van der Waals surface area contributed by atoms with E-state index in [0.29, 0.717) is 5.91 Å². The Hall–Kier alpha value is -2.18. The van der Waals surface area contributed by atoms with Gasteiger partial charge in [0.05, 0.1) is 17.0 Å². The molecule has 2 aromatic heterocycles. The fraction of sp³-hybridized carbons (Fsp3) is 0.714. The SMILES string of the molecule is Cn1ncc2c(N3CCN(C(=O)C45CC6CC(CC(C6)C4)C5)CC3)ncnc21. The van der Waals surface area contributed by atoms with Crippen molar-refractivity contribution in [2.75, 3.05) is 31.1 Å². The third kappa shape index (κ3) is 2.40. The van der Waals surface area contributed by atoms with Crippen molar-refractivity contribution in [1.29, 1.82) is 0 Å². The molecule has 5 fully saturated rings. The van der Waals surface area contributed by atoms with E-state index in [1.807, 2.05) is 13.2 Å². The summed E-state index contributed by atoms with van der Waals surface area (Å²) in [6, 6.07) is 0. The number of nitrogens with zero attached hydrogens (tertiary/aromatic N) is 6. The van der Waals surface area contributed by atoms with Crippen molar-refractivity contribution in [3.8, 4) is 0 Å². The zero-order valence-electron chi connectivity index (χ0n) is 16.5. The number of aromatic nitrogens is 4. The minimum absolute atomic E-state index is 0.0253. The highest BCUT2D eigenvalue weighted by atomic mass is 16.2. The molecule has 148 valence electrons. The quantitative estimate of drug-likeness (QED) is 0.799. The molecule has 0 spiro atoms. The normalized spacial score (nSPS) is 34.4. The first kappa shape index (κ1) is 16.7. The van der Waals surface area contributed by atoms with Crippen LogP contribution < -0.4 is 4.90 Å². The minimum atomic E-state index is -0.0253. The topological polar surface area (TPSA) is 67.2 Å². The van der Waals surface area contributed by atoms with Gasteiger partial charge in [-0.15, -0.1) is 0 Å². The molecule has 4 bridgehead atoms. The molecule has 4 aliphatic carbocycles. The fourth-order valence-electron chi connectivity index (χ4n) is 7.03. The third-order valence-electron chi connectivity index (χ3n) is 7.87. The van der Waals surface area contributed by atoms with Gasteiger partial charge in [-0.2, -0.15) is 5.10 Å². The summed E-state index contributed by atoms with van der Waals surface area (Å²) >= 11 is 0. The molecule has 7 nitrogen and oxygen atoms in total. The van der Waals surface area contributed by atoms with Gasteiger partial charge in [0, 0.05) is 33.2 Å². The Bertz CT molecular complexity index is 893. The number of fused-ring (bicyclic) bond motifs is 1. The van der Waals surface area contributed by atoms with Crippen LogP contribution in [-0.4, -0.2) is 56.7 Å².